The number of ether oxygens (including phenoxy) is 2. The smallest absolute Gasteiger partial charge is 0.409 e. The highest BCUT2D eigenvalue weighted by Crippen LogP contribution is 2.22. The van der Waals surface area contributed by atoms with Gasteiger partial charge in [-0.1, -0.05) is 0 Å². The molecule has 0 unspecified atom stereocenters. The number of carbonyl (C=O) groups excluding carboxylic acids is 1. The van der Waals surface area contributed by atoms with Gasteiger partial charge in [-0.25, -0.2) is 4.79 Å². The third-order valence-corrected chi connectivity index (χ3v) is 1.59. The monoisotopic (exact) mass is 181 g/mol. The van der Waals surface area contributed by atoms with Gasteiger partial charge in [0, 0.05) is 0 Å². The molecule has 0 fully saturated rings. The van der Waals surface area contributed by atoms with Gasteiger partial charge >= 0.3 is 6.09 Å². The highest BCUT2D eigenvalue weighted by Gasteiger charge is 2.03. The number of hydrogen-bond acceptors (Lipinski definition) is 3. The molecule has 1 rings (SSSR count). The van der Waals surface area contributed by atoms with E-state index in [0.717, 1.165) is 5.56 Å². The van der Waals surface area contributed by atoms with Crippen molar-refractivity contribution in [1.29, 1.82) is 0 Å². The molecular formula is C9H11NO3. The van der Waals surface area contributed by atoms with E-state index in [4.69, 9.17) is 15.2 Å². The fourth-order valence-electron chi connectivity index (χ4n) is 0.972. The highest BCUT2D eigenvalue weighted by molar-refractivity contribution is 5.68. The number of rotatable bonds is 2. The summed E-state index contributed by atoms with van der Waals surface area (Å²) in [5, 5.41) is 0. The SMILES string of the molecule is COc1ccc(OC(N)=O)c(C)c1. The third-order valence-electron chi connectivity index (χ3n) is 1.59. The van der Waals surface area contributed by atoms with E-state index in [-0.39, 0.29) is 0 Å². The molecule has 0 bridgehead atoms. The van der Waals surface area contributed by atoms with Gasteiger partial charge in [0.15, 0.2) is 0 Å². The number of primary amides is 1. The maximum Gasteiger partial charge on any atom is 0.409 e. The number of hydrogen-bond donors (Lipinski definition) is 1. The molecule has 1 aromatic rings. The number of nitrogens with two attached hydrogens (primary N) is 1. The number of carbonyl (C=O) groups is 1. The quantitative estimate of drug-likeness (QED) is 0.751. The fourth-order valence-corrected chi connectivity index (χ4v) is 0.972. The molecule has 0 heterocycles. The molecule has 0 radical (unpaired) electrons. The average Bonchev–Trinajstić information content (AvgIpc) is 2.08. The summed E-state index contributed by atoms with van der Waals surface area (Å²) in [6, 6.07) is 5.10. The van der Waals surface area contributed by atoms with E-state index in [1.165, 1.54) is 0 Å². The van der Waals surface area contributed by atoms with E-state index in [1.54, 1.807) is 32.2 Å². The Bertz CT molecular complexity index is 323. The second-order valence-corrected chi connectivity index (χ2v) is 2.55. The van der Waals surface area contributed by atoms with Crippen LogP contribution in [-0.4, -0.2) is 13.2 Å². The molecule has 4 heteroatoms. The molecule has 1 aromatic carbocycles. The zero-order chi connectivity index (χ0) is 9.84. The fraction of sp³-hybridized carbons (Fsp3) is 0.222. The lowest BCUT2D eigenvalue weighted by molar-refractivity contribution is 0.210. The third kappa shape index (κ3) is 2.37. The Hall–Kier alpha value is -1.71. The molecule has 0 atom stereocenters. The Morgan fingerprint density at radius 2 is 2.15 bits per heavy atom. The zero-order valence-electron chi connectivity index (χ0n) is 7.53. The minimum absolute atomic E-state index is 0.452. The van der Waals surface area contributed by atoms with Crippen LogP contribution in [0.25, 0.3) is 0 Å². The van der Waals surface area contributed by atoms with Gasteiger partial charge in [0.2, 0.25) is 0 Å². The van der Waals surface area contributed by atoms with Crippen molar-refractivity contribution in [3.63, 3.8) is 0 Å². The van der Waals surface area contributed by atoms with Crippen molar-refractivity contribution in [1.82, 2.24) is 0 Å². The first kappa shape index (κ1) is 9.38. The molecule has 0 aliphatic carbocycles. The van der Waals surface area contributed by atoms with Crippen molar-refractivity contribution in [3.05, 3.63) is 23.8 Å². The molecule has 0 saturated carbocycles. The summed E-state index contributed by atoms with van der Waals surface area (Å²) in [5.41, 5.74) is 5.68. The van der Waals surface area contributed by atoms with E-state index in [1.807, 2.05) is 0 Å². The van der Waals surface area contributed by atoms with Crippen LogP contribution in [0.2, 0.25) is 0 Å². The van der Waals surface area contributed by atoms with Crippen LogP contribution < -0.4 is 15.2 Å². The van der Waals surface area contributed by atoms with Crippen LogP contribution >= 0.6 is 0 Å². The summed E-state index contributed by atoms with van der Waals surface area (Å²) < 4.78 is 9.71. The first-order chi connectivity index (χ1) is 6.13. The Morgan fingerprint density at radius 1 is 1.46 bits per heavy atom. The van der Waals surface area contributed by atoms with Gasteiger partial charge in [0.1, 0.15) is 11.5 Å². The second-order valence-electron chi connectivity index (χ2n) is 2.55. The molecule has 0 aliphatic heterocycles. The topological polar surface area (TPSA) is 61.6 Å². The van der Waals surface area contributed by atoms with Gasteiger partial charge in [-0.15, -0.1) is 0 Å². The summed E-state index contributed by atoms with van der Waals surface area (Å²) in [6.07, 6.45) is -0.812. The van der Waals surface area contributed by atoms with Crippen LogP contribution in [0.3, 0.4) is 0 Å². The predicted octanol–water partition coefficient (Wildman–Crippen LogP) is 1.46. The van der Waals surface area contributed by atoms with Crippen molar-refractivity contribution in [2.24, 2.45) is 5.73 Å². The Kier molecular flexibility index (Phi) is 2.74. The van der Waals surface area contributed by atoms with Crippen molar-refractivity contribution in [2.75, 3.05) is 7.11 Å². The lowest BCUT2D eigenvalue weighted by atomic mass is 10.2. The number of aryl methyl sites for hydroxylation is 1. The van der Waals surface area contributed by atoms with Crippen LogP contribution in [0.4, 0.5) is 4.79 Å². The van der Waals surface area contributed by atoms with Gasteiger partial charge in [-0.3, -0.25) is 0 Å². The minimum atomic E-state index is -0.812. The summed E-state index contributed by atoms with van der Waals surface area (Å²) in [6.45, 7) is 1.81. The lowest BCUT2D eigenvalue weighted by Gasteiger charge is -2.06. The van der Waals surface area contributed by atoms with Gasteiger partial charge in [0.05, 0.1) is 7.11 Å². The van der Waals surface area contributed by atoms with Gasteiger partial charge in [0.25, 0.3) is 0 Å². The standard InChI is InChI=1S/C9H11NO3/c1-6-5-7(12-2)3-4-8(6)13-9(10)11/h3-5H,1-2H3,(H2,10,11). The van der Waals surface area contributed by atoms with Crippen LogP contribution in [0.1, 0.15) is 5.56 Å². The van der Waals surface area contributed by atoms with Gasteiger partial charge < -0.3 is 15.2 Å². The maximum atomic E-state index is 10.4. The van der Waals surface area contributed by atoms with E-state index in [9.17, 15) is 4.79 Å². The van der Waals surface area contributed by atoms with Crippen LogP contribution in [0.15, 0.2) is 18.2 Å². The normalized spacial score (nSPS) is 9.38. The van der Waals surface area contributed by atoms with Gasteiger partial charge in [-0.05, 0) is 30.7 Å². The molecular weight excluding hydrogens is 170 g/mol. The molecule has 4 nitrogen and oxygen atoms in total. The van der Waals surface area contributed by atoms with Crippen molar-refractivity contribution < 1.29 is 14.3 Å². The molecule has 0 saturated heterocycles. The maximum absolute atomic E-state index is 10.4. The first-order valence-electron chi connectivity index (χ1n) is 3.75. The Morgan fingerprint density at radius 3 is 2.62 bits per heavy atom. The molecule has 13 heavy (non-hydrogen) atoms. The minimum Gasteiger partial charge on any atom is -0.497 e. The highest BCUT2D eigenvalue weighted by atomic mass is 16.5. The van der Waals surface area contributed by atoms with Crippen LogP contribution in [0.5, 0.6) is 11.5 Å². The van der Waals surface area contributed by atoms with E-state index >= 15 is 0 Å². The predicted molar refractivity (Wildman–Crippen MR) is 47.9 cm³/mol. The summed E-state index contributed by atoms with van der Waals surface area (Å²) >= 11 is 0. The summed E-state index contributed by atoms with van der Waals surface area (Å²) in [7, 11) is 1.57. The van der Waals surface area contributed by atoms with Crippen LogP contribution in [-0.2, 0) is 0 Å². The molecule has 0 spiro atoms. The molecule has 70 valence electrons. The Balaban J connectivity index is 2.91. The molecule has 0 aromatic heterocycles. The number of methoxy groups -OCH3 is 1. The summed E-state index contributed by atoms with van der Waals surface area (Å²) in [4.78, 5) is 10.4. The number of amides is 1. The van der Waals surface area contributed by atoms with E-state index < -0.39 is 6.09 Å². The zero-order valence-corrected chi connectivity index (χ0v) is 7.53. The van der Waals surface area contributed by atoms with Gasteiger partial charge in [-0.2, -0.15) is 0 Å². The van der Waals surface area contributed by atoms with Crippen LogP contribution in [0, 0.1) is 6.92 Å². The lowest BCUT2D eigenvalue weighted by Crippen LogP contribution is -2.16. The Labute approximate surface area is 76.3 Å². The first-order valence-corrected chi connectivity index (χ1v) is 3.75. The van der Waals surface area contributed by atoms with E-state index in [0.29, 0.717) is 11.5 Å². The van der Waals surface area contributed by atoms with Crippen molar-refractivity contribution >= 4 is 6.09 Å². The summed E-state index contributed by atoms with van der Waals surface area (Å²) in [5.74, 6) is 1.17. The molecule has 2 N–H and O–H groups in total. The molecule has 1 amide bonds. The average molecular weight is 181 g/mol. The van der Waals surface area contributed by atoms with E-state index in [2.05, 4.69) is 0 Å². The second kappa shape index (κ2) is 3.80. The van der Waals surface area contributed by atoms with Crippen molar-refractivity contribution in [3.8, 4) is 11.5 Å². The largest absolute Gasteiger partial charge is 0.497 e. The number of benzene rings is 1. The van der Waals surface area contributed by atoms with Crippen molar-refractivity contribution in [2.45, 2.75) is 6.92 Å². The molecule has 0 aliphatic rings.